The van der Waals surface area contributed by atoms with E-state index >= 15 is 0 Å². The van der Waals surface area contributed by atoms with Crippen LogP contribution in [0.15, 0.2) is 29.8 Å². The Morgan fingerprint density at radius 2 is 1.78 bits per heavy atom. The van der Waals surface area contributed by atoms with E-state index in [1.165, 1.54) is 23.5 Å². The molecule has 0 fully saturated rings. The summed E-state index contributed by atoms with van der Waals surface area (Å²) in [5.74, 6) is -0.353. The Kier molecular flexibility index (Phi) is 8.39. The Morgan fingerprint density at radius 1 is 1.11 bits per heavy atom. The van der Waals surface area contributed by atoms with Crippen molar-refractivity contribution in [1.82, 2.24) is 9.88 Å². The summed E-state index contributed by atoms with van der Waals surface area (Å²) < 4.78 is 13.1. The van der Waals surface area contributed by atoms with Crippen LogP contribution < -0.4 is 5.32 Å². The van der Waals surface area contributed by atoms with E-state index in [0.29, 0.717) is 23.5 Å². The van der Waals surface area contributed by atoms with Crippen molar-refractivity contribution in [1.29, 1.82) is 0 Å². The lowest BCUT2D eigenvalue weighted by Crippen LogP contribution is -2.32. The minimum absolute atomic E-state index is 0.108. The van der Waals surface area contributed by atoms with Crippen molar-refractivity contribution >= 4 is 28.2 Å². The van der Waals surface area contributed by atoms with Crippen LogP contribution in [-0.4, -0.2) is 34.8 Å². The maximum Gasteiger partial charge on any atom is 0.225 e. The van der Waals surface area contributed by atoms with Gasteiger partial charge in [-0.2, -0.15) is 0 Å². The number of thiazole rings is 1. The molecule has 1 heterocycles. The van der Waals surface area contributed by atoms with E-state index in [-0.39, 0.29) is 24.1 Å². The Balaban J connectivity index is 1.85. The third-order valence-corrected chi connectivity index (χ3v) is 4.81. The van der Waals surface area contributed by atoms with Crippen molar-refractivity contribution in [3.8, 4) is 11.3 Å². The minimum atomic E-state index is -0.315. The molecule has 0 aliphatic heterocycles. The highest BCUT2D eigenvalue weighted by molar-refractivity contribution is 7.14. The summed E-state index contributed by atoms with van der Waals surface area (Å²) in [6.45, 7) is 5.63. The third-order valence-electron chi connectivity index (χ3n) is 4.07. The molecule has 1 aromatic heterocycles. The van der Waals surface area contributed by atoms with Crippen LogP contribution in [0.25, 0.3) is 11.3 Å². The number of carbonyl (C=O) groups excluding carboxylic acids is 2. The van der Waals surface area contributed by atoms with Crippen LogP contribution >= 0.6 is 11.3 Å². The van der Waals surface area contributed by atoms with E-state index < -0.39 is 0 Å². The largest absolute Gasteiger partial charge is 0.343 e. The van der Waals surface area contributed by atoms with Gasteiger partial charge in [0.2, 0.25) is 11.8 Å². The number of hydrogen-bond donors (Lipinski definition) is 1. The molecule has 0 radical (unpaired) electrons. The van der Waals surface area contributed by atoms with E-state index in [9.17, 15) is 14.0 Å². The number of halogens is 1. The standard InChI is InChI=1S/C20H26FN3O2S/c1-3-12-24(13-4-2)18(26)7-5-6-17(25)23-20-19(22-14-27-20)15-8-10-16(21)11-9-15/h8-11,14H,3-7,12-13H2,1-2H3,(H,23,25). The lowest BCUT2D eigenvalue weighted by Gasteiger charge is -2.21. The number of nitrogens with one attached hydrogen (secondary N) is 1. The summed E-state index contributed by atoms with van der Waals surface area (Å²) in [5.41, 5.74) is 3.02. The Bertz CT molecular complexity index is 740. The number of amides is 2. The molecule has 2 amide bonds. The van der Waals surface area contributed by atoms with Crippen molar-refractivity contribution in [2.24, 2.45) is 0 Å². The molecule has 0 saturated heterocycles. The van der Waals surface area contributed by atoms with Gasteiger partial charge < -0.3 is 10.2 Å². The van der Waals surface area contributed by atoms with Crippen LogP contribution in [-0.2, 0) is 9.59 Å². The van der Waals surface area contributed by atoms with Crippen LogP contribution in [0.5, 0.6) is 0 Å². The molecule has 0 atom stereocenters. The Morgan fingerprint density at radius 3 is 2.41 bits per heavy atom. The van der Waals surface area contributed by atoms with Crippen molar-refractivity contribution in [3.05, 3.63) is 35.6 Å². The normalized spacial score (nSPS) is 10.6. The Hall–Kier alpha value is -2.28. The Labute approximate surface area is 163 Å². The molecule has 0 unspecified atom stereocenters. The highest BCUT2D eigenvalue weighted by Crippen LogP contribution is 2.30. The van der Waals surface area contributed by atoms with Gasteiger partial charge in [0.05, 0.1) is 5.51 Å². The van der Waals surface area contributed by atoms with Gasteiger partial charge in [-0.15, -0.1) is 11.3 Å². The van der Waals surface area contributed by atoms with Crippen LogP contribution in [0, 0.1) is 5.82 Å². The van der Waals surface area contributed by atoms with Gasteiger partial charge >= 0.3 is 0 Å². The topological polar surface area (TPSA) is 62.3 Å². The van der Waals surface area contributed by atoms with E-state index in [1.807, 2.05) is 4.90 Å². The van der Waals surface area contributed by atoms with Gasteiger partial charge in [0.25, 0.3) is 0 Å². The summed E-state index contributed by atoms with van der Waals surface area (Å²) in [5, 5.41) is 3.49. The molecule has 1 aromatic carbocycles. The van der Waals surface area contributed by atoms with Crippen molar-refractivity contribution in [2.75, 3.05) is 18.4 Å². The molecule has 146 valence electrons. The van der Waals surface area contributed by atoms with E-state index in [0.717, 1.165) is 31.5 Å². The summed E-state index contributed by atoms with van der Waals surface area (Å²) in [4.78, 5) is 30.6. The van der Waals surface area contributed by atoms with Gasteiger partial charge in [-0.25, -0.2) is 9.37 Å². The number of benzene rings is 1. The highest BCUT2D eigenvalue weighted by atomic mass is 32.1. The maximum absolute atomic E-state index is 13.1. The predicted octanol–water partition coefficient (Wildman–Crippen LogP) is 4.71. The molecule has 0 spiro atoms. The van der Waals surface area contributed by atoms with Crippen LogP contribution in [0.1, 0.15) is 46.0 Å². The van der Waals surface area contributed by atoms with E-state index in [2.05, 4.69) is 24.1 Å². The minimum Gasteiger partial charge on any atom is -0.343 e. The van der Waals surface area contributed by atoms with Gasteiger partial charge in [0, 0.05) is 31.5 Å². The fourth-order valence-electron chi connectivity index (χ4n) is 2.80. The molecule has 7 heteroatoms. The zero-order chi connectivity index (χ0) is 19.6. The third kappa shape index (κ3) is 6.43. The van der Waals surface area contributed by atoms with Gasteiger partial charge in [0.1, 0.15) is 16.5 Å². The fraction of sp³-hybridized carbons (Fsp3) is 0.450. The first-order valence-electron chi connectivity index (χ1n) is 9.32. The first-order valence-corrected chi connectivity index (χ1v) is 10.2. The molecule has 0 saturated carbocycles. The number of aromatic nitrogens is 1. The van der Waals surface area contributed by atoms with Crippen molar-refractivity contribution < 1.29 is 14.0 Å². The van der Waals surface area contributed by atoms with Crippen LogP contribution in [0.4, 0.5) is 9.39 Å². The fourth-order valence-corrected chi connectivity index (χ4v) is 3.52. The van der Waals surface area contributed by atoms with Gasteiger partial charge in [-0.05, 0) is 43.5 Å². The molecule has 0 aliphatic carbocycles. The monoisotopic (exact) mass is 391 g/mol. The average Bonchev–Trinajstić information content (AvgIpc) is 3.10. The summed E-state index contributed by atoms with van der Waals surface area (Å²) in [7, 11) is 0. The number of hydrogen-bond acceptors (Lipinski definition) is 4. The molecule has 5 nitrogen and oxygen atoms in total. The molecule has 1 N–H and O–H groups in total. The maximum atomic E-state index is 13.1. The second-order valence-corrected chi connectivity index (χ2v) is 7.17. The zero-order valence-corrected chi connectivity index (χ0v) is 16.7. The quantitative estimate of drug-likeness (QED) is 0.638. The predicted molar refractivity (Wildman–Crippen MR) is 107 cm³/mol. The van der Waals surface area contributed by atoms with E-state index in [1.54, 1.807) is 17.6 Å². The molecule has 2 aromatic rings. The molecule has 0 aliphatic rings. The van der Waals surface area contributed by atoms with Gasteiger partial charge in [0.15, 0.2) is 0 Å². The highest BCUT2D eigenvalue weighted by Gasteiger charge is 2.14. The molecule has 27 heavy (non-hydrogen) atoms. The van der Waals surface area contributed by atoms with Gasteiger partial charge in [-0.1, -0.05) is 13.8 Å². The first kappa shape index (κ1) is 21.0. The summed E-state index contributed by atoms with van der Waals surface area (Å²) in [6.07, 6.45) is 3.03. The summed E-state index contributed by atoms with van der Waals surface area (Å²) >= 11 is 1.32. The summed E-state index contributed by atoms with van der Waals surface area (Å²) in [6, 6.07) is 6.00. The SMILES string of the molecule is CCCN(CCC)C(=O)CCCC(=O)Nc1scnc1-c1ccc(F)cc1. The van der Waals surface area contributed by atoms with Crippen LogP contribution in [0.3, 0.4) is 0 Å². The molecule has 0 bridgehead atoms. The average molecular weight is 392 g/mol. The molecular weight excluding hydrogens is 365 g/mol. The lowest BCUT2D eigenvalue weighted by molar-refractivity contribution is -0.131. The molecular formula is C20H26FN3O2S. The van der Waals surface area contributed by atoms with E-state index in [4.69, 9.17) is 0 Å². The second-order valence-electron chi connectivity index (χ2n) is 6.32. The smallest absolute Gasteiger partial charge is 0.225 e. The first-order chi connectivity index (χ1) is 13.0. The number of nitrogens with zero attached hydrogens (tertiary/aromatic N) is 2. The van der Waals surface area contributed by atoms with Crippen molar-refractivity contribution in [3.63, 3.8) is 0 Å². The number of anilines is 1. The zero-order valence-electron chi connectivity index (χ0n) is 15.8. The van der Waals surface area contributed by atoms with Gasteiger partial charge in [-0.3, -0.25) is 9.59 Å². The van der Waals surface area contributed by atoms with Crippen LogP contribution in [0.2, 0.25) is 0 Å². The molecule has 2 rings (SSSR count). The number of carbonyl (C=O) groups is 2. The lowest BCUT2D eigenvalue weighted by atomic mass is 10.1. The second kappa shape index (κ2) is 10.8. The van der Waals surface area contributed by atoms with Crippen molar-refractivity contribution in [2.45, 2.75) is 46.0 Å². The number of rotatable bonds is 10.